The molecule has 0 aliphatic carbocycles. The van der Waals surface area contributed by atoms with Crippen molar-refractivity contribution < 1.29 is 9.32 Å². The number of hydrogen-bond donors (Lipinski definition) is 1. The second-order valence-electron chi connectivity index (χ2n) is 8.44. The zero-order valence-corrected chi connectivity index (χ0v) is 16.6. The summed E-state index contributed by atoms with van der Waals surface area (Å²) < 4.78 is 5.67. The quantitative estimate of drug-likeness (QED) is 0.640. The van der Waals surface area contributed by atoms with Gasteiger partial charge < -0.3 is 14.6 Å². The fourth-order valence-electron chi connectivity index (χ4n) is 4.78. The van der Waals surface area contributed by atoms with E-state index in [1.165, 1.54) is 31.5 Å². The molecule has 0 radical (unpaired) electrons. The van der Waals surface area contributed by atoms with E-state index in [1.54, 1.807) is 0 Å². The maximum atomic E-state index is 11.1. The van der Waals surface area contributed by atoms with Crippen LogP contribution in [-0.2, 0) is 24.2 Å². The van der Waals surface area contributed by atoms with Gasteiger partial charge in [-0.05, 0) is 61.9 Å². The number of rotatable bonds is 6. The highest BCUT2D eigenvalue weighted by molar-refractivity contribution is 5.94. The molecule has 1 saturated heterocycles. The van der Waals surface area contributed by atoms with E-state index in [0.29, 0.717) is 0 Å². The summed E-state index contributed by atoms with van der Waals surface area (Å²) in [7, 11) is 0. The van der Waals surface area contributed by atoms with Crippen LogP contribution in [0.4, 0.5) is 5.69 Å². The van der Waals surface area contributed by atoms with Gasteiger partial charge in [0.25, 0.3) is 0 Å². The highest BCUT2D eigenvalue weighted by atomic mass is 16.5. The molecule has 2 aliphatic rings. The summed E-state index contributed by atoms with van der Waals surface area (Å²) in [5.74, 6) is 0.751. The van der Waals surface area contributed by atoms with Crippen LogP contribution in [0.1, 0.15) is 36.1 Å². The number of benzene rings is 2. The third-order valence-electron chi connectivity index (χ3n) is 6.48. The van der Waals surface area contributed by atoms with E-state index >= 15 is 0 Å². The van der Waals surface area contributed by atoms with Crippen LogP contribution in [0.5, 0.6) is 0 Å². The molecule has 5 rings (SSSR count). The Labute approximate surface area is 171 Å². The Bertz CT molecular complexity index is 990. The van der Waals surface area contributed by atoms with E-state index < -0.39 is 0 Å². The van der Waals surface area contributed by atoms with Gasteiger partial charge in [0.05, 0.1) is 17.4 Å². The predicted octanol–water partition coefficient (Wildman–Crippen LogP) is 4.21. The van der Waals surface area contributed by atoms with E-state index in [2.05, 4.69) is 57.8 Å². The normalized spacial score (nSPS) is 19.9. The van der Waals surface area contributed by atoms with Gasteiger partial charge in [0.15, 0.2) is 5.58 Å². The van der Waals surface area contributed by atoms with Crippen LogP contribution in [0.3, 0.4) is 0 Å². The molecule has 0 spiro atoms. The number of aromatic nitrogens is 1. The number of carbonyl (C=O) groups is 1. The molecule has 5 heteroatoms. The molecule has 1 N–H and O–H groups in total. The number of nitrogens with one attached hydrogen (secondary N) is 1. The lowest BCUT2D eigenvalue weighted by molar-refractivity contribution is -0.108. The number of hydrogen-bond acceptors (Lipinski definition) is 5. The van der Waals surface area contributed by atoms with Crippen molar-refractivity contribution in [1.29, 1.82) is 0 Å². The van der Waals surface area contributed by atoms with E-state index in [0.717, 1.165) is 65.9 Å². The van der Waals surface area contributed by atoms with Crippen LogP contribution in [0.2, 0.25) is 0 Å². The van der Waals surface area contributed by atoms with Crippen molar-refractivity contribution >= 4 is 22.9 Å². The number of piperidine rings is 1. The topological polar surface area (TPSA) is 58.4 Å². The summed E-state index contributed by atoms with van der Waals surface area (Å²) in [6, 6.07) is 14.8. The van der Waals surface area contributed by atoms with Gasteiger partial charge >= 0.3 is 0 Å². The van der Waals surface area contributed by atoms with Crippen molar-refractivity contribution in [3.63, 3.8) is 0 Å². The molecule has 1 fully saturated rings. The van der Waals surface area contributed by atoms with Gasteiger partial charge in [0, 0.05) is 18.4 Å². The number of anilines is 1. The molecule has 3 aromatic rings. The number of likely N-dealkylation sites (tertiary alicyclic amines) is 1. The lowest BCUT2D eigenvalue weighted by atomic mass is 9.91. The molecule has 1 unspecified atom stereocenters. The number of aryl methyl sites for hydroxylation is 1. The molecule has 5 nitrogen and oxygen atoms in total. The third-order valence-corrected chi connectivity index (χ3v) is 6.48. The fraction of sp³-hybridized carbons (Fsp3) is 0.417. The molecule has 1 atom stereocenters. The Balaban J connectivity index is 1.18. The average Bonchev–Trinajstić information content (AvgIpc) is 3.37. The second kappa shape index (κ2) is 7.99. The summed E-state index contributed by atoms with van der Waals surface area (Å²) in [4.78, 5) is 13.7. The maximum Gasteiger partial charge on any atom is 0.190 e. The van der Waals surface area contributed by atoms with Gasteiger partial charge in [-0.25, -0.2) is 0 Å². The first kappa shape index (κ1) is 18.4. The van der Waals surface area contributed by atoms with Crippen LogP contribution < -0.4 is 5.32 Å². The van der Waals surface area contributed by atoms with Crippen LogP contribution in [0.25, 0.3) is 11.0 Å². The summed E-state index contributed by atoms with van der Waals surface area (Å²) >= 11 is 0. The van der Waals surface area contributed by atoms with Crippen molar-refractivity contribution in [1.82, 2.24) is 10.1 Å². The van der Waals surface area contributed by atoms with E-state index in [4.69, 9.17) is 4.52 Å². The minimum absolute atomic E-state index is 0.148. The smallest absolute Gasteiger partial charge is 0.190 e. The average molecular weight is 389 g/mol. The van der Waals surface area contributed by atoms with Crippen molar-refractivity contribution in [2.24, 2.45) is 5.92 Å². The zero-order valence-electron chi connectivity index (χ0n) is 16.6. The highest BCUT2D eigenvalue weighted by Crippen LogP contribution is 2.35. The molecule has 29 heavy (non-hydrogen) atoms. The van der Waals surface area contributed by atoms with Gasteiger partial charge in [-0.1, -0.05) is 41.6 Å². The first-order valence-electron chi connectivity index (χ1n) is 10.7. The van der Waals surface area contributed by atoms with Crippen LogP contribution in [0.15, 0.2) is 47.0 Å². The van der Waals surface area contributed by atoms with E-state index in [1.807, 2.05) is 0 Å². The Morgan fingerprint density at radius 1 is 1.14 bits per heavy atom. The monoisotopic (exact) mass is 389 g/mol. The van der Waals surface area contributed by atoms with Gasteiger partial charge in [0.1, 0.15) is 6.29 Å². The zero-order chi connectivity index (χ0) is 19.6. The largest absolute Gasteiger partial charge is 0.372 e. The second-order valence-corrected chi connectivity index (χ2v) is 8.44. The molecule has 1 aromatic heterocycles. The molecular formula is C24H27N3O2. The number of carbonyl (C=O) groups excluding carboxylic acids is 1. The predicted molar refractivity (Wildman–Crippen MR) is 114 cm³/mol. The Morgan fingerprint density at radius 2 is 1.97 bits per heavy atom. The summed E-state index contributed by atoms with van der Waals surface area (Å²) in [5.41, 5.74) is 5.35. The van der Waals surface area contributed by atoms with E-state index in [9.17, 15) is 4.79 Å². The fourth-order valence-corrected chi connectivity index (χ4v) is 4.78. The van der Waals surface area contributed by atoms with E-state index in [-0.39, 0.29) is 6.04 Å². The standard InChI is InChI=1S/C24H27N3O2/c28-16-20-14-19-7-8-21-22(26-29-24(21)23(19)25-20)9-6-17-10-12-27(13-11-17)15-18-4-2-1-3-5-18/h1-5,7-8,16-17,20,25H,6,9-15H2. The van der Waals surface area contributed by atoms with Crippen molar-refractivity contribution in [2.75, 3.05) is 18.4 Å². The molecule has 3 heterocycles. The van der Waals surface area contributed by atoms with Crippen molar-refractivity contribution in [3.05, 3.63) is 59.3 Å². The molecule has 0 saturated carbocycles. The van der Waals surface area contributed by atoms with Crippen molar-refractivity contribution in [3.8, 4) is 0 Å². The Kier molecular flexibility index (Phi) is 5.06. The molecule has 0 bridgehead atoms. The molecule has 150 valence electrons. The number of nitrogens with zero attached hydrogens (tertiary/aromatic N) is 2. The van der Waals surface area contributed by atoms with Gasteiger partial charge in [-0.15, -0.1) is 0 Å². The minimum atomic E-state index is -0.148. The number of fused-ring (bicyclic) bond motifs is 3. The summed E-state index contributed by atoms with van der Waals surface area (Å²) in [6.07, 6.45) is 6.30. The molecule has 2 aliphatic heterocycles. The van der Waals surface area contributed by atoms with Crippen LogP contribution in [-0.4, -0.2) is 35.5 Å². The van der Waals surface area contributed by atoms with Gasteiger partial charge in [0.2, 0.25) is 0 Å². The summed E-state index contributed by atoms with van der Waals surface area (Å²) in [5, 5.41) is 8.72. The first-order chi connectivity index (χ1) is 14.3. The minimum Gasteiger partial charge on any atom is -0.372 e. The molecule has 0 amide bonds. The third kappa shape index (κ3) is 3.79. The Hall–Kier alpha value is -2.66. The maximum absolute atomic E-state index is 11.1. The van der Waals surface area contributed by atoms with Crippen LogP contribution >= 0.6 is 0 Å². The summed E-state index contributed by atoms with van der Waals surface area (Å²) in [6.45, 7) is 3.40. The highest BCUT2D eigenvalue weighted by Gasteiger charge is 2.26. The lowest BCUT2D eigenvalue weighted by Crippen LogP contribution is -2.33. The molecule has 2 aromatic carbocycles. The van der Waals surface area contributed by atoms with Gasteiger partial charge in [-0.3, -0.25) is 4.90 Å². The number of aldehydes is 1. The van der Waals surface area contributed by atoms with Crippen molar-refractivity contribution in [2.45, 2.75) is 44.7 Å². The SMILES string of the molecule is O=CC1Cc2ccc3c(CCC4CCN(Cc5ccccc5)CC4)noc3c2N1. The lowest BCUT2D eigenvalue weighted by Gasteiger charge is -2.31. The Morgan fingerprint density at radius 3 is 2.76 bits per heavy atom. The van der Waals surface area contributed by atoms with Gasteiger partial charge in [-0.2, -0.15) is 0 Å². The molecular weight excluding hydrogens is 362 g/mol. The first-order valence-corrected chi connectivity index (χ1v) is 10.7. The van der Waals surface area contributed by atoms with Crippen LogP contribution in [0, 0.1) is 5.92 Å².